The number of aryl methyl sites for hydroxylation is 1. The number of fused-ring (bicyclic) bond motifs is 5. The molecule has 40 heavy (non-hydrogen) atoms. The van der Waals surface area contributed by atoms with Crippen molar-refractivity contribution in [3.63, 3.8) is 0 Å². The largest absolute Gasteiger partial charge is 0.0622 e. The standard InChI is InChI=1S/C40H28/c1-26-19-24-36-37(25-26)40(27-11-3-2-4-12-27)35-18-10-9-17-34(35)39(36)29-22-20-28(21-23-29)38-32-15-7-5-13-30(32)31-14-6-8-16-33(31)38/h2-25,38H,1H3. The van der Waals surface area contributed by atoms with E-state index in [9.17, 15) is 0 Å². The summed E-state index contributed by atoms with van der Waals surface area (Å²) in [6.07, 6.45) is 0. The zero-order valence-electron chi connectivity index (χ0n) is 22.4. The fourth-order valence-electron chi connectivity index (χ4n) is 6.88. The molecule has 0 heterocycles. The van der Waals surface area contributed by atoms with Gasteiger partial charge in [-0.1, -0.05) is 151 Å². The Kier molecular flexibility index (Phi) is 5.21. The highest BCUT2D eigenvalue weighted by molar-refractivity contribution is 6.21. The van der Waals surface area contributed by atoms with E-state index in [1.807, 2.05) is 0 Å². The van der Waals surface area contributed by atoms with Gasteiger partial charge in [-0.05, 0) is 78.5 Å². The van der Waals surface area contributed by atoms with Crippen molar-refractivity contribution in [1.82, 2.24) is 0 Å². The Labute approximate surface area is 235 Å². The lowest BCUT2D eigenvalue weighted by Gasteiger charge is -2.19. The fraction of sp³-hybridized carbons (Fsp3) is 0.0500. The molecule has 0 aromatic heterocycles. The van der Waals surface area contributed by atoms with Gasteiger partial charge in [-0.25, -0.2) is 0 Å². The van der Waals surface area contributed by atoms with Crippen molar-refractivity contribution in [2.45, 2.75) is 12.8 Å². The molecule has 1 aliphatic rings. The lowest BCUT2D eigenvalue weighted by molar-refractivity contribution is 1.02. The molecule has 0 fully saturated rings. The first kappa shape index (κ1) is 23.0. The van der Waals surface area contributed by atoms with E-state index in [0.717, 1.165) is 0 Å². The normalized spacial score (nSPS) is 12.5. The molecule has 0 unspecified atom stereocenters. The summed E-state index contributed by atoms with van der Waals surface area (Å²) in [4.78, 5) is 0. The van der Waals surface area contributed by atoms with Crippen LogP contribution in [0.1, 0.15) is 28.2 Å². The minimum atomic E-state index is 0.262. The second kappa shape index (κ2) is 9.07. The summed E-state index contributed by atoms with van der Waals surface area (Å²) >= 11 is 0. The first-order valence-electron chi connectivity index (χ1n) is 14.1. The number of hydrogen-bond donors (Lipinski definition) is 0. The Morgan fingerprint density at radius 2 is 0.900 bits per heavy atom. The molecule has 0 aliphatic heterocycles. The van der Waals surface area contributed by atoms with Crippen LogP contribution in [0.2, 0.25) is 0 Å². The molecular formula is C40H28. The molecule has 8 rings (SSSR count). The fourth-order valence-corrected chi connectivity index (χ4v) is 6.88. The highest BCUT2D eigenvalue weighted by atomic mass is 14.3. The van der Waals surface area contributed by atoms with Crippen LogP contribution in [0, 0.1) is 6.92 Å². The quantitative estimate of drug-likeness (QED) is 0.208. The maximum Gasteiger partial charge on any atom is 0.0352 e. The van der Waals surface area contributed by atoms with E-state index in [2.05, 4.69) is 153 Å². The molecule has 0 spiro atoms. The van der Waals surface area contributed by atoms with Gasteiger partial charge in [-0.15, -0.1) is 0 Å². The van der Waals surface area contributed by atoms with Gasteiger partial charge in [0.2, 0.25) is 0 Å². The van der Waals surface area contributed by atoms with E-state index in [1.165, 1.54) is 77.2 Å². The molecule has 0 bridgehead atoms. The topological polar surface area (TPSA) is 0 Å². The van der Waals surface area contributed by atoms with Crippen LogP contribution < -0.4 is 0 Å². The zero-order chi connectivity index (χ0) is 26.6. The first-order chi connectivity index (χ1) is 19.8. The zero-order valence-corrected chi connectivity index (χ0v) is 22.4. The molecule has 0 atom stereocenters. The molecule has 0 nitrogen and oxygen atoms in total. The van der Waals surface area contributed by atoms with Crippen molar-refractivity contribution in [3.05, 3.63) is 168 Å². The van der Waals surface area contributed by atoms with E-state index in [4.69, 9.17) is 0 Å². The van der Waals surface area contributed by atoms with Crippen molar-refractivity contribution in [3.8, 4) is 33.4 Å². The predicted molar refractivity (Wildman–Crippen MR) is 170 cm³/mol. The van der Waals surface area contributed by atoms with Gasteiger partial charge in [0, 0.05) is 5.92 Å². The maximum atomic E-state index is 2.36. The SMILES string of the molecule is Cc1ccc2c(-c3ccc(C4c5ccccc5-c5ccccc54)cc3)c3ccccc3c(-c3ccccc3)c2c1. The van der Waals surface area contributed by atoms with E-state index < -0.39 is 0 Å². The van der Waals surface area contributed by atoms with E-state index in [1.54, 1.807) is 0 Å². The van der Waals surface area contributed by atoms with E-state index in [0.29, 0.717) is 0 Å². The van der Waals surface area contributed by atoms with Gasteiger partial charge in [0.25, 0.3) is 0 Å². The average Bonchev–Trinajstić information content (AvgIpc) is 3.35. The molecule has 0 N–H and O–H groups in total. The van der Waals surface area contributed by atoms with Gasteiger partial charge in [0.15, 0.2) is 0 Å². The van der Waals surface area contributed by atoms with Crippen LogP contribution in [0.25, 0.3) is 54.9 Å². The third kappa shape index (κ3) is 3.46. The molecular weight excluding hydrogens is 480 g/mol. The van der Waals surface area contributed by atoms with Gasteiger partial charge in [0.1, 0.15) is 0 Å². The minimum absolute atomic E-state index is 0.262. The van der Waals surface area contributed by atoms with Crippen molar-refractivity contribution in [2.24, 2.45) is 0 Å². The second-order valence-electron chi connectivity index (χ2n) is 10.9. The van der Waals surface area contributed by atoms with Crippen molar-refractivity contribution >= 4 is 21.5 Å². The molecule has 7 aromatic carbocycles. The summed E-state index contributed by atoms with van der Waals surface area (Å²) in [6, 6.07) is 53.8. The van der Waals surface area contributed by atoms with Gasteiger partial charge in [-0.2, -0.15) is 0 Å². The summed E-state index contributed by atoms with van der Waals surface area (Å²) in [5.74, 6) is 0.262. The number of rotatable bonds is 3. The molecule has 0 heteroatoms. The van der Waals surface area contributed by atoms with Gasteiger partial charge in [0.05, 0.1) is 0 Å². The van der Waals surface area contributed by atoms with Crippen LogP contribution in [0.5, 0.6) is 0 Å². The molecule has 0 radical (unpaired) electrons. The Hall–Kier alpha value is -4.94. The summed E-state index contributed by atoms with van der Waals surface area (Å²) in [7, 11) is 0. The van der Waals surface area contributed by atoms with Crippen LogP contribution in [0.15, 0.2) is 146 Å². The van der Waals surface area contributed by atoms with Crippen molar-refractivity contribution < 1.29 is 0 Å². The molecule has 0 amide bonds. The summed E-state index contributed by atoms with van der Waals surface area (Å²) in [5, 5.41) is 5.20. The van der Waals surface area contributed by atoms with E-state index >= 15 is 0 Å². The average molecular weight is 509 g/mol. The maximum absolute atomic E-state index is 2.36. The third-order valence-corrected chi connectivity index (χ3v) is 8.61. The molecule has 1 aliphatic carbocycles. The monoisotopic (exact) mass is 508 g/mol. The number of hydrogen-bond acceptors (Lipinski definition) is 0. The van der Waals surface area contributed by atoms with Crippen LogP contribution in [0.3, 0.4) is 0 Å². The van der Waals surface area contributed by atoms with E-state index in [-0.39, 0.29) is 5.92 Å². The third-order valence-electron chi connectivity index (χ3n) is 8.61. The first-order valence-corrected chi connectivity index (χ1v) is 14.1. The summed E-state index contributed by atoms with van der Waals surface area (Å²) < 4.78 is 0. The molecule has 188 valence electrons. The number of benzene rings is 7. The molecule has 0 saturated carbocycles. The van der Waals surface area contributed by atoms with Crippen molar-refractivity contribution in [1.29, 1.82) is 0 Å². The van der Waals surface area contributed by atoms with Crippen molar-refractivity contribution in [2.75, 3.05) is 0 Å². The van der Waals surface area contributed by atoms with Gasteiger partial charge in [-0.3, -0.25) is 0 Å². The lowest BCUT2D eigenvalue weighted by atomic mass is 9.84. The highest BCUT2D eigenvalue weighted by Crippen LogP contribution is 2.49. The van der Waals surface area contributed by atoms with Gasteiger partial charge < -0.3 is 0 Å². The Morgan fingerprint density at radius 3 is 1.55 bits per heavy atom. The van der Waals surface area contributed by atoms with Crippen LogP contribution in [-0.4, -0.2) is 0 Å². The second-order valence-corrected chi connectivity index (χ2v) is 10.9. The summed E-state index contributed by atoms with van der Waals surface area (Å²) in [5.41, 5.74) is 13.3. The minimum Gasteiger partial charge on any atom is -0.0622 e. The lowest BCUT2D eigenvalue weighted by Crippen LogP contribution is -1.99. The highest BCUT2D eigenvalue weighted by Gasteiger charge is 2.29. The predicted octanol–water partition coefficient (Wildman–Crippen LogP) is 10.8. The Morgan fingerprint density at radius 1 is 0.400 bits per heavy atom. The summed E-state index contributed by atoms with van der Waals surface area (Å²) in [6.45, 7) is 2.19. The van der Waals surface area contributed by atoms with Crippen LogP contribution >= 0.6 is 0 Å². The Bertz CT molecular complexity index is 2000. The molecule has 0 saturated heterocycles. The smallest absolute Gasteiger partial charge is 0.0352 e. The Balaban J connectivity index is 1.35. The van der Waals surface area contributed by atoms with Crippen LogP contribution in [-0.2, 0) is 0 Å². The van der Waals surface area contributed by atoms with Gasteiger partial charge >= 0.3 is 0 Å². The van der Waals surface area contributed by atoms with Crippen LogP contribution in [0.4, 0.5) is 0 Å². The molecule has 7 aromatic rings.